The molecule has 0 aliphatic heterocycles. The van der Waals surface area contributed by atoms with E-state index in [1.165, 1.54) is 13.2 Å². The highest BCUT2D eigenvalue weighted by Crippen LogP contribution is 2.42. The van der Waals surface area contributed by atoms with Gasteiger partial charge in [0, 0.05) is 30.4 Å². The molecule has 13 heteroatoms. The van der Waals surface area contributed by atoms with Gasteiger partial charge < -0.3 is 20.1 Å². The van der Waals surface area contributed by atoms with E-state index in [-0.39, 0.29) is 54.8 Å². The van der Waals surface area contributed by atoms with Crippen LogP contribution in [0, 0.1) is 23.0 Å². The molecule has 49 heavy (non-hydrogen) atoms. The minimum absolute atomic E-state index is 0.0128. The molecule has 1 aliphatic carbocycles. The van der Waals surface area contributed by atoms with Gasteiger partial charge in [-0.25, -0.2) is 22.0 Å². The van der Waals surface area contributed by atoms with Crippen molar-refractivity contribution in [1.82, 2.24) is 10.2 Å². The molecule has 0 saturated heterocycles. The predicted octanol–water partition coefficient (Wildman–Crippen LogP) is 8.80. The van der Waals surface area contributed by atoms with E-state index in [0.29, 0.717) is 48.1 Å². The molecule has 1 aromatic heterocycles. The SMILES string of the molecule is COc1ccc(-c2cccc(S(C)(=O)=O)c2)cc1CN(C(=O)c1sc2c(F)ccc(F)c2c1Cl)C1CCC(C(NC(=O)O)C(C)(C)C)CC1. The summed E-state index contributed by atoms with van der Waals surface area (Å²) < 4.78 is 59.8. The summed E-state index contributed by atoms with van der Waals surface area (Å²) >= 11 is 7.42. The van der Waals surface area contributed by atoms with Crippen molar-refractivity contribution >= 4 is 54.9 Å². The summed E-state index contributed by atoms with van der Waals surface area (Å²) in [5.74, 6) is -1.38. The summed E-state index contributed by atoms with van der Waals surface area (Å²) in [6, 6.07) is 13.3. The van der Waals surface area contributed by atoms with E-state index < -0.39 is 33.5 Å². The van der Waals surface area contributed by atoms with E-state index in [9.17, 15) is 31.9 Å². The first-order valence-corrected chi connectivity index (χ1v) is 18.9. The number of sulfone groups is 1. The molecular weight excluding hydrogens is 694 g/mol. The number of thiophene rings is 1. The predicted molar refractivity (Wildman–Crippen MR) is 188 cm³/mol. The molecule has 262 valence electrons. The van der Waals surface area contributed by atoms with Gasteiger partial charge in [-0.15, -0.1) is 11.3 Å². The largest absolute Gasteiger partial charge is 0.496 e. The Morgan fingerprint density at radius 2 is 1.69 bits per heavy atom. The Morgan fingerprint density at radius 3 is 2.29 bits per heavy atom. The van der Waals surface area contributed by atoms with Gasteiger partial charge in [0.15, 0.2) is 9.84 Å². The Hall–Kier alpha value is -3.74. The maximum Gasteiger partial charge on any atom is 0.404 e. The fourth-order valence-electron chi connectivity index (χ4n) is 6.83. The van der Waals surface area contributed by atoms with Crippen molar-refractivity contribution in [2.24, 2.45) is 11.3 Å². The lowest BCUT2D eigenvalue weighted by molar-refractivity contribution is 0.0543. The zero-order valence-corrected chi connectivity index (χ0v) is 30.2. The third-order valence-corrected chi connectivity index (χ3v) is 12.0. The third kappa shape index (κ3) is 7.86. The molecule has 1 atom stereocenters. The van der Waals surface area contributed by atoms with Crippen molar-refractivity contribution < 1.29 is 36.6 Å². The molecule has 2 N–H and O–H groups in total. The molecule has 2 amide bonds. The van der Waals surface area contributed by atoms with Crippen molar-refractivity contribution in [3.8, 4) is 16.9 Å². The van der Waals surface area contributed by atoms with Crippen molar-refractivity contribution in [3.05, 3.63) is 81.7 Å². The second-order valence-corrected chi connectivity index (χ2v) is 17.0. The molecule has 1 saturated carbocycles. The van der Waals surface area contributed by atoms with Gasteiger partial charge in [0.1, 0.15) is 22.3 Å². The number of halogens is 3. The molecule has 1 aliphatic rings. The van der Waals surface area contributed by atoms with E-state index >= 15 is 0 Å². The number of carboxylic acid groups (broad SMARTS) is 1. The smallest absolute Gasteiger partial charge is 0.404 e. The average Bonchev–Trinajstić information content (AvgIpc) is 3.41. The highest BCUT2D eigenvalue weighted by atomic mass is 35.5. The van der Waals surface area contributed by atoms with E-state index in [1.54, 1.807) is 35.2 Å². The van der Waals surface area contributed by atoms with Crippen LogP contribution in [-0.2, 0) is 16.4 Å². The van der Waals surface area contributed by atoms with Crippen LogP contribution in [0.3, 0.4) is 0 Å². The molecule has 1 unspecified atom stereocenters. The normalized spacial score (nSPS) is 17.5. The monoisotopic (exact) mass is 732 g/mol. The molecule has 0 radical (unpaired) electrons. The molecule has 3 aromatic carbocycles. The molecule has 0 spiro atoms. The summed E-state index contributed by atoms with van der Waals surface area (Å²) in [5.41, 5.74) is 1.65. The van der Waals surface area contributed by atoms with E-state index in [0.717, 1.165) is 29.7 Å². The maximum absolute atomic E-state index is 14.8. The Kier molecular flexibility index (Phi) is 10.6. The number of nitrogens with one attached hydrogen (secondary N) is 1. The van der Waals surface area contributed by atoms with Gasteiger partial charge in [-0.3, -0.25) is 4.79 Å². The van der Waals surface area contributed by atoms with E-state index in [4.69, 9.17) is 16.3 Å². The Morgan fingerprint density at radius 1 is 1.04 bits per heavy atom. The molecule has 1 heterocycles. The fraction of sp³-hybridized carbons (Fsp3) is 0.389. The maximum atomic E-state index is 14.8. The molecule has 4 aromatic rings. The zero-order valence-electron chi connectivity index (χ0n) is 27.8. The first kappa shape index (κ1) is 36.5. The first-order chi connectivity index (χ1) is 23.0. The van der Waals surface area contributed by atoms with E-state index in [1.807, 2.05) is 26.8 Å². The van der Waals surface area contributed by atoms with Crippen LogP contribution in [0.4, 0.5) is 13.6 Å². The second kappa shape index (κ2) is 14.2. The minimum Gasteiger partial charge on any atom is -0.496 e. The van der Waals surface area contributed by atoms with Crippen LogP contribution >= 0.6 is 22.9 Å². The number of fused-ring (bicyclic) bond motifs is 1. The van der Waals surface area contributed by atoms with Crippen molar-refractivity contribution in [2.75, 3.05) is 13.4 Å². The highest BCUT2D eigenvalue weighted by Gasteiger charge is 2.39. The number of carbonyl (C=O) groups excluding carboxylic acids is 1. The number of nitrogens with zero attached hydrogens (tertiary/aromatic N) is 1. The van der Waals surface area contributed by atoms with Gasteiger partial charge in [-0.05, 0) is 84.5 Å². The quantitative estimate of drug-likeness (QED) is 0.178. The van der Waals surface area contributed by atoms with Gasteiger partial charge in [0.25, 0.3) is 5.91 Å². The first-order valence-electron chi connectivity index (χ1n) is 15.8. The number of methoxy groups -OCH3 is 1. The number of hydrogen-bond acceptors (Lipinski definition) is 6. The van der Waals surface area contributed by atoms with E-state index in [2.05, 4.69) is 5.32 Å². The zero-order chi connectivity index (χ0) is 35.8. The van der Waals surface area contributed by atoms with Crippen LogP contribution in [0.1, 0.15) is 61.7 Å². The van der Waals surface area contributed by atoms with Crippen LogP contribution in [0.15, 0.2) is 59.5 Å². The number of hydrogen-bond donors (Lipinski definition) is 2. The van der Waals surface area contributed by atoms with Crippen LogP contribution in [0.2, 0.25) is 5.02 Å². The minimum atomic E-state index is -3.46. The standard InChI is InChI=1S/C36H39ClF2N2O6S2/c1-36(2,3)33(40-35(43)44)20-9-12-24(13-10-20)41(34(42)32-30(37)29-26(38)14-15-27(39)31(29)48-32)19-23-17-22(11-16-28(23)47-4)21-7-6-8-25(18-21)49(5,45)46/h6-8,11,14-18,20,24,33,40H,9-10,12-13,19H2,1-5H3,(H,43,44). The van der Waals surface area contributed by atoms with Crippen molar-refractivity contribution in [2.45, 2.75) is 70.0 Å². The molecule has 1 fully saturated rings. The third-order valence-electron chi connectivity index (χ3n) is 9.22. The van der Waals surface area contributed by atoms with Gasteiger partial charge in [0.05, 0.1) is 27.1 Å². The van der Waals surface area contributed by atoms with Crippen LogP contribution in [-0.4, -0.2) is 55.9 Å². The highest BCUT2D eigenvalue weighted by molar-refractivity contribution is 7.90. The summed E-state index contributed by atoms with van der Waals surface area (Å²) in [7, 11) is -1.95. The Bertz CT molecular complexity index is 2000. The van der Waals surface area contributed by atoms with Gasteiger partial charge in [-0.2, -0.15) is 0 Å². The summed E-state index contributed by atoms with van der Waals surface area (Å²) in [4.78, 5) is 28.0. The van der Waals surface area contributed by atoms with Crippen molar-refractivity contribution in [1.29, 1.82) is 0 Å². The Balaban J connectivity index is 1.55. The summed E-state index contributed by atoms with van der Waals surface area (Å²) in [6.07, 6.45) is 2.42. The van der Waals surface area contributed by atoms with Crippen molar-refractivity contribution in [3.63, 3.8) is 0 Å². The molecule has 5 rings (SSSR count). The fourth-order valence-corrected chi connectivity index (χ4v) is 9.00. The number of amides is 2. The topological polar surface area (TPSA) is 113 Å². The molecule has 0 bridgehead atoms. The van der Waals surface area contributed by atoms with Crippen LogP contribution < -0.4 is 10.1 Å². The lowest BCUT2D eigenvalue weighted by atomic mass is 9.72. The van der Waals surface area contributed by atoms with Crippen LogP contribution in [0.25, 0.3) is 21.2 Å². The van der Waals surface area contributed by atoms with Gasteiger partial charge in [-0.1, -0.05) is 50.6 Å². The molecular formula is C36H39ClF2N2O6S2. The second-order valence-electron chi connectivity index (χ2n) is 13.6. The Labute approximate surface area is 294 Å². The summed E-state index contributed by atoms with van der Waals surface area (Å²) in [6.45, 7) is 6.02. The lowest BCUT2D eigenvalue weighted by Gasteiger charge is -2.43. The summed E-state index contributed by atoms with van der Waals surface area (Å²) in [5, 5.41) is 11.9. The lowest BCUT2D eigenvalue weighted by Crippen LogP contribution is -2.50. The number of rotatable bonds is 9. The van der Waals surface area contributed by atoms with Crippen LogP contribution in [0.5, 0.6) is 5.75 Å². The number of benzene rings is 3. The number of carbonyl (C=O) groups is 2. The van der Waals surface area contributed by atoms with Gasteiger partial charge in [0.2, 0.25) is 0 Å². The average molecular weight is 733 g/mol. The number of ether oxygens (including phenoxy) is 1. The molecule has 8 nitrogen and oxygen atoms in total. The van der Waals surface area contributed by atoms with Gasteiger partial charge >= 0.3 is 6.09 Å².